The van der Waals surface area contributed by atoms with Crippen molar-refractivity contribution in [2.24, 2.45) is 0 Å². The molecule has 21 heavy (non-hydrogen) atoms. The number of pyridine rings is 1. The van der Waals surface area contributed by atoms with Crippen molar-refractivity contribution in [3.63, 3.8) is 0 Å². The predicted molar refractivity (Wildman–Crippen MR) is 78.6 cm³/mol. The fourth-order valence-electron chi connectivity index (χ4n) is 2.05. The lowest BCUT2D eigenvalue weighted by Crippen LogP contribution is -2.33. The minimum Gasteiger partial charge on any atom is -0.367 e. The average Bonchev–Trinajstić information content (AvgIpc) is 2.52. The van der Waals surface area contributed by atoms with E-state index in [-0.39, 0.29) is 16.9 Å². The van der Waals surface area contributed by atoms with Gasteiger partial charge in [-0.25, -0.2) is 0 Å². The number of hydrogen-bond acceptors (Lipinski definition) is 3. The van der Waals surface area contributed by atoms with Crippen molar-refractivity contribution in [1.82, 2.24) is 9.88 Å². The van der Waals surface area contributed by atoms with Crippen LogP contribution in [0.1, 0.15) is 28.4 Å². The van der Waals surface area contributed by atoms with Crippen molar-refractivity contribution in [3.05, 3.63) is 69.6 Å². The van der Waals surface area contributed by atoms with Crippen LogP contribution in [-0.2, 0) is 6.54 Å². The van der Waals surface area contributed by atoms with Crippen molar-refractivity contribution < 1.29 is 4.79 Å². The third kappa shape index (κ3) is 3.18. The van der Waals surface area contributed by atoms with Crippen LogP contribution in [0.5, 0.6) is 0 Å². The van der Waals surface area contributed by atoms with Gasteiger partial charge in [-0.05, 0) is 18.6 Å². The van der Waals surface area contributed by atoms with E-state index in [1.165, 1.54) is 18.5 Å². The number of rotatable bonds is 4. The van der Waals surface area contributed by atoms with Gasteiger partial charge >= 0.3 is 0 Å². The fraction of sp³-hybridized carbons (Fsp3) is 0.188. The Morgan fingerprint density at radius 3 is 2.76 bits per heavy atom. The summed E-state index contributed by atoms with van der Waals surface area (Å²) < 4.78 is 0. The third-order valence-electron chi connectivity index (χ3n) is 3.22. The molecule has 0 aliphatic carbocycles. The van der Waals surface area contributed by atoms with Crippen LogP contribution >= 0.6 is 0 Å². The van der Waals surface area contributed by atoms with E-state index in [1.807, 2.05) is 19.1 Å². The Morgan fingerprint density at radius 2 is 2.10 bits per heavy atom. The smallest absolute Gasteiger partial charge is 0.259 e. The van der Waals surface area contributed by atoms with E-state index in [2.05, 4.69) is 11.1 Å². The maximum atomic E-state index is 12.4. The van der Waals surface area contributed by atoms with Crippen LogP contribution in [0.2, 0.25) is 0 Å². The van der Waals surface area contributed by atoms with Gasteiger partial charge in [0.2, 0.25) is 0 Å². The van der Waals surface area contributed by atoms with Gasteiger partial charge in [-0.1, -0.05) is 18.2 Å². The summed E-state index contributed by atoms with van der Waals surface area (Å²) in [5, 5.41) is 9.10. The van der Waals surface area contributed by atoms with E-state index in [1.54, 1.807) is 17.0 Å². The molecular formula is C16H15N3O2. The number of benzene rings is 1. The van der Waals surface area contributed by atoms with Gasteiger partial charge < -0.3 is 9.88 Å². The maximum absolute atomic E-state index is 12.4. The minimum absolute atomic E-state index is 0.105. The molecule has 2 rings (SSSR count). The number of nitrogens with one attached hydrogen (secondary N) is 1. The van der Waals surface area contributed by atoms with Gasteiger partial charge in [0, 0.05) is 31.5 Å². The lowest BCUT2D eigenvalue weighted by Gasteiger charge is -2.21. The first-order chi connectivity index (χ1) is 10.2. The molecule has 1 aromatic heterocycles. The van der Waals surface area contributed by atoms with Crippen molar-refractivity contribution in [3.8, 4) is 6.07 Å². The Balaban J connectivity index is 2.29. The summed E-state index contributed by atoms with van der Waals surface area (Å²) >= 11 is 0. The predicted octanol–water partition coefficient (Wildman–Crippen LogP) is 1.91. The zero-order valence-corrected chi connectivity index (χ0v) is 11.7. The molecule has 0 fully saturated rings. The largest absolute Gasteiger partial charge is 0.367 e. The first-order valence-electron chi connectivity index (χ1n) is 6.61. The summed E-state index contributed by atoms with van der Waals surface area (Å²) in [5.41, 5.74) is 1.09. The first-order valence-corrected chi connectivity index (χ1v) is 6.61. The van der Waals surface area contributed by atoms with Crippen molar-refractivity contribution >= 4 is 5.91 Å². The highest BCUT2D eigenvalue weighted by molar-refractivity contribution is 5.93. The molecule has 106 valence electrons. The summed E-state index contributed by atoms with van der Waals surface area (Å²) in [7, 11) is 0. The molecule has 5 heteroatoms. The van der Waals surface area contributed by atoms with Gasteiger partial charge in [0.15, 0.2) is 5.43 Å². The third-order valence-corrected chi connectivity index (χ3v) is 3.22. The molecule has 0 bridgehead atoms. The lowest BCUT2D eigenvalue weighted by atomic mass is 10.1. The number of nitriles is 1. The molecular weight excluding hydrogens is 266 g/mol. The summed E-state index contributed by atoms with van der Waals surface area (Å²) in [5.74, 6) is -0.341. The van der Waals surface area contributed by atoms with Gasteiger partial charge in [0.05, 0.1) is 11.6 Å². The molecule has 0 radical (unpaired) electrons. The molecule has 0 saturated carbocycles. The van der Waals surface area contributed by atoms with Crippen LogP contribution in [-0.4, -0.2) is 22.3 Å². The Kier molecular flexibility index (Phi) is 4.52. The molecule has 0 atom stereocenters. The van der Waals surface area contributed by atoms with E-state index >= 15 is 0 Å². The van der Waals surface area contributed by atoms with E-state index in [9.17, 15) is 9.59 Å². The van der Waals surface area contributed by atoms with E-state index in [0.717, 1.165) is 5.56 Å². The van der Waals surface area contributed by atoms with Gasteiger partial charge in [0.1, 0.15) is 5.56 Å². The normalized spacial score (nSPS) is 9.90. The molecule has 1 heterocycles. The summed E-state index contributed by atoms with van der Waals surface area (Å²) in [6, 6.07) is 10.6. The van der Waals surface area contributed by atoms with E-state index in [4.69, 9.17) is 5.26 Å². The summed E-state index contributed by atoms with van der Waals surface area (Å²) in [6.07, 6.45) is 2.89. The van der Waals surface area contributed by atoms with Gasteiger partial charge in [-0.2, -0.15) is 5.26 Å². The standard InChI is InChI=1S/C16H15N3O2/c1-2-19(11-13-6-4-3-5-12(13)9-17)16(21)14-10-18-8-7-15(14)20/h3-8,10H,2,11H2,1H3,(H,18,20). The zero-order chi connectivity index (χ0) is 15.2. The van der Waals surface area contributed by atoms with Crippen LogP contribution < -0.4 is 5.43 Å². The van der Waals surface area contributed by atoms with Gasteiger partial charge in [-0.3, -0.25) is 9.59 Å². The molecule has 5 nitrogen and oxygen atoms in total. The Morgan fingerprint density at radius 1 is 1.33 bits per heavy atom. The van der Waals surface area contributed by atoms with Crippen molar-refractivity contribution in [2.75, 3.05) is 6.54 Å². The second kappa shape index (κ2) is 6.53. The van der Waals surface area contributed by atoms with Crippen LogP contribution in [0.3, 0.4) is 0 Å². The minimum atomic E-state index is -0.341. The molecule has 1 N–H and O–H groups in total. The monoisotopic (exact) mass is 281 g/mol. The number of aromatic nitrogens is 1. The van der Waals surface area contributed by atoms with Gasteiger partial charge in [0.25, 0.3) is 5.91 Å². The second-order valence-electron chi connectivity index (χ2n) is 4.51. The molecule has 0 unspecified atom stereocenters. The highest BCUT2D eigenvalue weighted by Gasteiger charge is 2.18. The maximum Gasteiger partial charge on any atom is 0.259 e. The Labute approximate surface area is 122 Å². The lowest BCUT2D eigenvalue weighted by molar-refractivity contribution is 0.0751. The quantitative estimate of drug-likeness (QED) is 0.930. The van der Waals surface area contributed by atoms with Crippen molar-refractivity contribution in [2.45, 2.75) is 13.5 Å². The molecule has 1 amide bonds. The number of carbonyl (C=O) groups excluding carboxylic acids is 1. The van der Waals surface area contributed by atoms with E-state index < -0.39 is 0 Å². The molecule has 0 aliphatic heterocycles. The van der Waals surface area contributed by atoms with E-state index in [0.29, 0.717) is 18.7 Å². The molecule has 0 spiro atoms. The van der Waals surface area contributed by atoms with Crippen LogP contribution in [0.25, 0.3) is 0 Å². The SMILES string of the molecule is CCN(Cc1ccccc1C#N)C(=O)c1c[nH]ccc1=O. The van der Waals surface area contributed by atoms with Crippen LogP contribution in [0.15, 0.2) is 47.5 Å². The Bertz CT molecular complexity index is 743. The van der Waals surface area contributed by atoms with Gasteiger partial charge in [-0.15, -0.1) is 0 Å². The Hall–Kier alpha value is -2.87. The summed E-state index contributed by atoms with van der Waals surface area (Å²) in [6.45, 7) is 2.59. The summed E-state index contributed by atoms with van der Waals surface area (Å²) in [4.78, 5) is 28.5. The topological polar surface area (TPSA) is 77.0 Å². The number of H-pyrrole nitrogens is 1. The molecule has 0 saturated heterocycles. The number of amides is 1. The molecule has 0 aliphatic rings. The van der Waals surface area contributed by atoms with Crippen LogP contribution in [0, 0.1) is 11.3 Å². The zero-order valence-electron chi connectivity index (χ0n) is 11.7. The number of carbonyl (C=O) groups is 1. The van der Waals surface area contributed by atoms with Crippen molar-refractivity contribution in [1.29, 1.82) is 5.26 Å². The number of aromatic amines is 1. The first kappa shape index (κ1) is 14.5. The fourth-order valence-corrected chi connectivity index (χ4v) is 2.05. The molecule has 2 aromatic rings. The molecule has 1 aromatic carbocycles. The highest BCUT2D eigenvalue weighted by Crippen LogP contribution is 2.12. The van der Waals surface area contributed by atoms with Crippen LogP contribution in [0.4, 0.5) is 0 Å². The average molecular weight is 281 g/mol. The second-order valence-corrected chi connectivity index (χ2v) is 4.51. The number of hydrogen-bond donors (Lipinski definition) is 1. The highest BCUT2D eigenvalue weighted by atomic mass is 16.2. The number of nitrogens with zero attached hydrogens (tertiary/aromatic N) is 2.